The van der Waals surface area contributed by atoms with Crippen molar-refractivity contribution in [3.8, 4) is 34.1 Å². The summed E-state index contributed by atoms with van der Waals surface area (Å²) in [7, 11) is 0. The number of carbonyl (C=O) groups excluding carboxylic acids is 1. The summed E-state index contributed by atoms with van der Waals surface area (Å²) in [5.74, 6) is -3.21. The summed E-state index contributed by atoms with van der Waals surface area (Å²) in [4.78, 5) is 25.3. The highest BCUT2D eigenvalue weighted by molar-refractivity contribution is 6.30. The number of benzene rings is 4. The zero-order valence-electron chi connectivity index (χ0n) is 20.4. The van der Waals surface area contributed by atoms with Crippen LogP contribution in [0.1, 0.15) is 5.76 Å². The maximum Gasteiger partial charge on any atom is 0.453 e. The topological polar surface area (TPSA) is 75.0 Å². The van der Waals surface area contributed by atoms with Crippen LogP contribution >= 0.6 is 11.6 Å². The molecule has 0 bridgehead atoms. The van der Waals surface area contributed by atoms with E-state index in [1.54, 1.807) is 36.4 Å². The van der Waals surface area contributed by atoms with Crippen LogP contribution in [0.15, 0.2) is 106 Å². The van der Waals surface area contributed by atoms with Gasteiger partial charge in [0.2, 0.25) is 11.2 Å². The van der Waals surface area contributed by atoms with Crippen molar-refractivity contribution < 1.29 is 36.6 Å². The summed E-state index contributed by atoms with van der Waals surface area (Å²) in [5.41, 5.74) is 0.246. The first-order chi connectivity index (χ1) is 19.2. The molecule has 40 heavy (non-hydrogen) atoms. The van der Waals surface area contributed by atoms with Crippen molar-refractivity contribution in [1.82, 2.24) is 0 Å². The predicted molar refractivity (Wildman–Crippen MR) is 142 cm³/mol. The lowest BCUT2D eigenvalue weighted by molar-refractivity contribution is -0.154. The largest absolute Gasteiger partial charge is 0.482 e. The van der Waals surface area contributed by atoms with E-state index in [9.17, 15) is 22.8 Å². The van der Waals surface area contributed by atoms with Crippen LogP contribution in [0, 0.1) is 0 Å². The summed E-state index contributed by atoms with van der Waals surface area (Å²) in [6, 6.07) is 25.3. The van der Waals surface area contributed by atoms with Gasteiger partial charge in [-0.05, 0) is 59.7 Å². The highest BCUT2D eigenvalue weighted by atomic mass is 35.5. The maximum atomic E-state index is 13.9. The molecule has 0 aliphatic carbocycles. The van der Waals surface area contributed by atoms with Crippen molar-refractivity contribution in [3.05, 3.63) is 118 Å². The molecule has 0 aliphatic rings. The molecule has 0 aliphatic heterocycles. The molecule has 0 fully saturated rings. The van der Waals surface area contributed by atoms with Crippen molar-refractivity contribution in [2.45, 2.75) is 6.18 Å². The summed E-state index contributed by atoms with van der Waals surface area (Å²) >= 11 is 5.80. The average Bonchev–Trinajstić information content (AvgIpc) is 2.94. The summed E-state index contributed by atoms with van der Waals surface area (Å²) in [6.07, 6.45) is -5.05. The van der Waals surface area contributed by atoms with Crippen LogP contribution in [0.2, 0.25) is 5.02 Å². The fourth-order valence-electron chi connectivity index (χ4n) is 3.80. The number of esters is 1. The lowest BCUT2D eigenvalue weighted by Crippen LogP contribution is -2.18. The molecule has 0 spiro atoms. The fraction of sp³-hybridized carbons (Fsp3) is 0.0667. The maximum absolute atomic E-state index is 13.9. The lowest BCUT2D eigenvalue weighted by atomic mass is 10.1. The Morgan fingerprint density at radius 3 is 2.10 bits per heavy atom. The molecular weight excluding hydrogens is 549 g/mol. The van der Waals surface area contributed by atoms with E-state index < -0.39 is 41.3 Å². The van der Waals surface area contributed by atoms with Gasteiger partial charge in [0.25, 0.3) is 5.76 Å². The number of hydrogen-bond acceptors (Lipinski definition) is 6. The van der Waals surface area contributed by atoms with E-state index in [1.807, 2.05) is 30.3 Å². The molecule has 0 saturated heterocycles. The Kier molecular flexibility index (Phi) is 7.48. The van der Waals surface area contributed by atoms with E-state index in [-0.39, 0.29) is 16.9 Å². The second-order valence-electron chi connectivity index (χ2n) is 8.45. The third-order valence-corrected chi connectivity index (χ3v) is 5.91. The van der Waals surface area contributed by atoms with Gasteiger partial charge < -0.3 is 18.6 Å². The van der Waals surface area contributed by atoms with Gasteiger partial charge in [-0.3, -0.25) is 4.79 Å². The van der Waals surface area contributed by atoms with E-state index in [0.717, 1.165) is 17.2 Å². The van der Waals surface area contributed by atoms with Gasteiger partial charge in [0.15, 0.2) is 6.61 Å². The van der Waals surface area contributed by atoms with Crippen LogP contribution in [-0.2, 0) is 11.0 Å². The van der Waals surface area contributed by atoms with Crippen molar-refractivity contribution in [2.24, 2.45) is 0 Å². The molecule has 10 heteroatoms. The van der Waals surface area contributed by atoms with Crippen molar-refractivity contribution in [1.29, 1.82) is 0 Å². The summed E-state index contributed by atoms with van der Waals surface area (Å²) in [5, 5.41) is 0.293. The smallest absolute Gasteiger partial charge is 0.453 e. The van der Waals surface area contributed by atoms with Gasteiger partial charge in [-0.2, -0.15) is 13.2 Å². The second-order valence-corrected chi connectivity index (χ2v) is 8.89. The Hall–Kier alpha value is -4.76. The third-order valence-electron chi connectivity index (χ3n) is 5.66. The molecule has 0 saturated carbocycles. The van der Waals surface area contributed by atoms with E-state index in [2.05, 4.69) is 0 Å². The Balaban J connectivity index is 1.39. The number of alkyl halides is 3. The van der Waals surface area contributed by atoms with Crippen LogP contribution in [-0.4, -0.2) is 12.6 Å². The Morgan fingerprint density at radius 2 is 1.43 bits per heavy atom. The normalized spacial score (nSPS) is 11.3. The number of rotatable bonds is 7. The van der Waals surface area contributed by atoms with E-state index in [0.29, 0.717) is 10.8 Å². The standard InChI is InChI=1S/C30H18ClF3O6/c31-20-8-12-21(13-9-20)37-17-26(35)38-23-14-15-24-25(16-23)40-29(30(32,33)34)28(27(24)36)39-22-10-6-19(7-11-22)18-4-2-1-3-5-18/h1-16H,17H2. The lowest BCUT2D eigenvalue weighted by Gasteiger charge is -2.14. The number of fused-ring (bicyclic) bond motifs is 1. The van der Waals surface area contributed by atoms with Crippen LogP contribution < -0.4 is 19.6 Å². The minimum absolute atomic E-state index is 0.0167. The summed E-state index contributed by atoms with van der Waals surface area (Å²) < 4.78 is 62.7. The zero-order chi connectivity index (χ0) is 28.3. The van der Waals surface area contributed by atoms with Crippen molar-refractivity contribution >= 4 is 28.5 Å². The zero-order valence-corrected chi connectivity index (χ0v) is 21.2. The van der Waals surface area contributed by atoms with Gasteiger partial charge >= 0.3 is 12.1 Å². The van der Waals surface area contributed by atoms with Gasteiger partial charge in [-0.1, -0.05) is 54.1 Å². The molecular formula is C30H18ClF3O6. The first-order valence-electron chi connectivity index (χ1n) is 11.8. The van der Waals surface area contributed by atoms with Crippen LogP contribution in [0.5, 0.6) is 23.0 Å². The Morgan fingerprint density at radius 1 is 0.800 bits per heavy atom. The molecule has 0 N–H and O–H groups in total. The van der Waals surface area contributed by atoms with E-state index in [1.165, 1.54) is 24.3 Å². The molecule has 0 amide bonds. The second kappa shape index (κ2) is 11.2. The van der Waals surface area contributed by atoms with Crippen LogP contribution in [0.25, 0.3) is 22.1 Å². The molecule has 1 heterocycles. The highest BCUT2D eigenvalue weighted by Gasteiger charge is 2.40. The molecule has 5 aromatic rings. The number of halogens is 4. The van der Waals surface area contributed by atoms with Gasteiger partial charge in [-0.15, -0.1) is 0 Å². The van der Waals surface area contributed by atoms with Crippen molar-refractivity contribution in [2.75, 3.05) is 6.61 Å². The first-order valence-corrected chi connectivity index (χ1v) is 12.2. The van der Waals surface area contributed by atoms with Crippen LogP contribution in [0.3, 0.4) is 0 Å². The highest BCUT2D eigenvalue weighted by Crippen LogP contribution is 2.39. The van der Waals surface area contributed by atoms with Crippen LogP contribution in [0.4, 0.5) is 13.2 Å². The molecule has 1 aromatic heterocycles. The SMILES string of the molecule is O=C(COc1ccc(Cl)cc1)Oc1ccc2c(=O)c(Oc3ccc(-c4ccccc4)cc3)c(C(F)(F)F)oc2c1. The minimum Gasteiger partial charge on any atom is -0.482 e. The van der Waals surface area contributed by atoms with Gasteiger partial charge in [0.1, 0.15) is 22.8 Å². The van der Waals surface area contributed by atoms with Gasteiger partial charge in [-0.25, -0.2) is 4.79 Å². The molecule has 202 valence electrons. The molecule has 0 radical (unpaired) electrons. The molecule has 6 nitrogen and oxygen atoms in total. The number of hydrogen-bond donors (Lipinski definition) is 0. The predicted octanol–water partition coefficient (Wildman–Crippen LogP) is 7.91. The third kappa shape index (κ3) is 6.10. The quantitative estimate of drug-likeness (QED) is 0.147. The van der Waals surface area contributed by atoms with E-state index >= 15 is 0 Å². The van der Waals surface area contributed by atoms with Crippen molar-refractivity contribution in [3.63, 3.8) is 0 Å². The van der Waals surface area contributed by atoms with Gasteiger partial charge in [0, 0.05) is 11.1 Å². The minimum atomic E-state index is -5.05. The van der Waals surface area contributed by atoms with E-state index in [4.69, 9.17) is 30.2 Å². The van der Waals surface area contributed by atoms with Gasteiger partial charge in [0.05, 0.1) is 5.39 Å². The molecule has 0 unspecified atom stereocenters. The fourth-order valence-corrected chi connectivity index (χ4v) is 3.92. The molecule has 5 rings (SSSR count). The molecule has 0 atom stereocenters. The first kappa shape index (κ1) is 26.8. The Labute approximate surface area is 230 Å². The summed E-state index contributed by atoms with van der Waals surface area (Å²) in [6.45, 7) is -0.479. The Bertz CT molecular complexity index is 1710. The number of ether oxygens (including phenoxy) is 3. The average molecular weight is 567 g/mol. The molecule has 4 aromatic carbocycles. The monoisotopic (exact) mass is 566 g/mol. The number of carbonyl (C=O) groups is 1.